The van der Waals surface area contributed by atoms with Crippen molar-refractivity contribution in [1.29, 1.82) is 0 Å². The SMILES string of the molecule is CC(C)(C)CC1=C(C(=O)O)N2C(=O)C(CC(=O)Cc3ccccc3)C2S(=O)C1. The number of carbonyl (C=O) groups is 3. The zero-order valence-corrected chi connectivity index (χ0v) is 17.1. The summed E-state index contributed by atoms with van der Waals surface area (Å²) in [7, 11) is -1.41. The van der Waals surface area contributed by atoms with Gasteiger partial charge in [0.25, 0.3) is 0 Å². The summed E-state index contributed by atoms with van der Waals surface area (Å²) >= 11 is 0. The molecule has 0 bridgehead atoms. The molecule has 0 aliphatic carbocycles. The summed E-state index contributed by atoms with van der Waals surface area (Å²) in [5.41, 5.74) is 1.17. The molecule has 2 heterocycles. The number of Topliss-reactive ketones (excluding diaryl/α,β-unsaturated/α-hetero) is 1. The van der Waals surface area contributed by atoms with Crippen LogP contribution < -0.4 is 0 Å². The molecule has 3 atom stereocenters. The molecule has 0 radical (unpaired) electrons. The van der Waals surface area contributed by atoms with Crippen molar-refractivity contribution >= 4 is 28.5 Å². The van der Waals surface area contributed by atoms with E-state index in [1.807, 2.05) is 51.1 Å². The zero-order valence-electron chi connectivity index (χ0n) is 16.3. The van der Waals surface area contributed by atoms with Crippen LogP contribution >= 0.6 is 0 Å². The summed E-state index contributed by atoms with van der Waals surface area (Å²) < 4.78 is 12.8. The van der Waals surface area contributed by atoms with Crippen LogP contribution in [0.4, 0.5) is 0 Å². The summed E-state index contributed by atoms with van der Waals surface area (Å²) in [6.45, 7) is 5.91. The van der Waals surface area contributed by atoms with Crippen molar-refractivity contribution in [3.63, 3.8) is 0 Å². The van der Waals surface area contributed by atoms with Crippen LogP contribution in [0.3, 0.4) is 0 Å². The van der Waals surface area contributed by atoms with Gasteiger partial charge < -0.3 is 5.11 Å². The molecule has 1 saturated heterocycles. The van der Waals surface area contributed by atoms with E-state index >= 15 is 0 Å². The van der Waals surface area contributed by atoms with Gasteiger partial charge in [0.2, 0.25) is 5.91 Å². The minimum Gasteiger partial charge on any atom is -0.477 e. The molecule has 0 aromatic heterocycles. The molecule has 1 aromatic carbocycles. The highest BCUT2D eigenvalue weighted by Crippen LogP contribution is 2.42. The van der Waals surface area contributed by atoms with Gasteiger partial charge in [-0.1, -0.05) is 51.1 Å². The number of ketones is 1. The van der Waals surface area contributed by atoms with Crippen LogP contribution in [0.2, 0.25) is 0 Å². The fourth-order valence-electron chi connectivity index (χ4n) is 3.92. The quantitative estimate of drug-likeness (QED) is 0.737. The molecular weight excluding hydrogens is 378 g/mol. The smallest absolute Gasteiger partial charge is 0.352 e. The minimum absolute atomic E-state index is 0.0118. The van der Waals surface area contributed by atoms with Crippen molar-refractivity contribution < 1.29 is 23.7 Å². The van der Waals surface area contributed by atoms with E-state index in [-0.39, 0.29) is 35.5 Å². The van der Waals surface area contributed by atoms with Gasteiger partial charge in [0.1, 0.15) is 16.9 Å². The molecule has 0 saturated carbocycles. The summed E-state index contributed by atoms with van der Waals surface area (Å²) in [5.74, 6) is -2.27. The number of hydrogen-bond donors (Lipinski definition) is 1. The van der Waals surface area contributed by atoms with Gasteiger partial charge in [-0.25, -0.2) is 4.79 Å². The third-order valence-corrected chi connectivity index (χ3v) is 6.66. The van der Waals surface area contributed by atoms with Crippen molar-refractivity contribution in [3.8, 4) is 0 Å². The highest BCUT2D eigenvalue weighted by molar-refractivity contribution is 7.86. The molecule has 3 rings (SSSR count). The Hall–Kier alpha value is -2.28. The second-order valence-corrected chi connectivity index (χ2v) is 10.2. The number of β-lactam (4-membered cyclic amide) rings is 1. The van der Waals surface area contributed by atoms with E-state index in [4.69, 9.17) is 0 Å². The summed E-state index contributed by atoms with van der Waals surface area (Å²) in [5, 5.41) is 8.96. The summed E-state index contributed by atoms with van der Waals surface area (Å²) in [4.78, 5) is 38.1. The molecule has 7 heteroatoms. The lowest BCUT2D eigenvalue weighted by Gasteiger charge is -2.49. The maximum Gasteiger partial charge on any atom is 0.352 e. The van der Waals surface area contributed by atoms with Crippen LogP contribution in [0.25, 0.3) is 0 Å². The number of rotatable bonds is 6. The Kier molecular flexibility index (Phi) is 5.57. The Morgan fingerprint density at radius 3 is 2.43 bits per heavy atom. The van der Waals surface area contributed by atoms with E-state index in [1.54, 1.807) is 0 Å². The number of carboxylic acids is 1. The molecule has 1 fully saturated rings. The maximum atomic E-state index is 12.8. The Morgan fingerprint density at radius 2 is 1.86 bits per heavy atom. The van der Waals surface area contributed by atoms with E-state index in [0.29, 0.717) is 12.0 Å². The predicted octanol–water partition coefficient (Wildman–Crippen LogP) is 2.51. The second-order valence-electron chi connectivity index (χ2n) is 8.63. The van der Waals surface area contributed by atoms with Gasteiger partial charge in [-0.15, -0.1) is 0 Å². The minimum atomic E-state index is -1.41. The molecule has 1 N–H and O–H groups in total. The lowest BCUT2D eigenvalue weighted by atomic mass is 9.85. The fourth-order valence-corrected chi connectivity index (χ4v) is 5.69. The molecule has 2 aliphatic rings. The number of fused-ring (bicyclic) bond motifs is 1. The van der Waals surface area contributed by atoms with E-state index < -0.39 is 34.0 Å². The summed E-state index contributed by atoms with van der Waals surface area (Å²) in [6.07, 6.45) is 0.650. The van der Waals surface area contributed by atoms with E-state index in [1.165, 1.54) is 0 Å². The van der Waals surface area contributed by atoms with E-state index in [9.17, 15) is 23.7 Å². The highest BCUT2D eigenvalue weighted by atomic mass is 32.2. The van der Waals surface area contributed by atoms with Gasteiger partial charge in [0.15, 0.2) is 0 Å². The number of amides is 1. The van der Waals surface area contributed by atoms with E-state index in [2.05, 4.69) is 0 Å². The molecule has 1 amide bonds. The molecular formula is C21H25NO5S. The monoisotopic (exact) mass is 403 g/mol. The van der Waals surface area contributed by atoms with Gasteiger partial charge in [-0.2, -0.15) is 0 Å². The van der Waals surface area contributed by atoms with Gasteiger partial charge in [0, 0.05) is 29.4 Å². The van der Waals surface area contributed by atoms with Crippen molar-refractivity contribution in [2.45, 2.75) is 45.4 Å². The standard InChI is InChI=1S/C21H25NO5S/c1-21(2,3)11-14-12-28(27)19-16(18(24)22(19)17(14)20(25)26)10-15(23)9-13-7-5-4-6-8-13/h4-8,16,19H,9-12H2,1-3H3,(H,25,26). The van der Waals surface area contributed by atoms with E-state index in [0.717, 1.165) is 10.5 Å². The first-order valence-electron chi connectivity index (χ1n) is 9.29. The Balaban J connectivity index is 1.78. The van der Waals surface area contributed by atoms with Crippen molar-refractivity contribution in [1.82, 2.24) is 4.90 Å². The lowest BCUT2D eigenvalue weighted by Crippen LogP contribution is -2.65. The van der Waals surface area contributed by atoms with Crippen LogP contribution in [0.15, 0.2) is 41.6 Å². The number of benzene rings is 1. The van der Waals surface area contributed by atoms with Crippen molar-refractivity contribution in [3.05, 3.63) is 47.2 Å². The number of carbonyl (C=O) groups excluding carboxylic acids is 2. The zero-order chi connectivity index (χ0) is 20.6. The van der Waals surface area contributed by atoms with Crippen LogP contribution in [0.1, 0.15) is 39.2 Å². The molecule has 2 aliphatic heterocycles. The Bertz CT molecular complexity index is 869. The number of nitrogens with zero attached hydrogens (tertiary/aromatic N) is 1. The highest BCUT2D eigenvalue weighted by Gasteiger charge is 2.56. The number of hydrogen-bond acceptors (Lipinski definition) is 4. The van der Waals surface area contributed by atoms with Gasteiger partial charge in [0.05, 0.1) is 5.92 Å². The Morgan fingerprint density at radius 1 is 1.21 bits per heavy atom. The third-order valence-electron chi connectivity index (χ3n) is 4.95. The molecule has 28 heavy (non-hydrogen) atoms. The first kappa shape index (κ1) is 20.5. The van der Waals surface area contributed by atoms with Gasteiger partial charge in [-0.05, 0) is 23.0 Å². The second kappa shape index (κ2) is 7.62. The number of aliphatic carboxylic acids is 1. The average Bonchev–Trinajstić information content (AvgIpc) is 2.58. The van der Waals surface area contributed by atoms with Crippen LogP contribution in [-0.4, -0.2) is 43.0 Å². The summed E-state index contributed by atoms with van der Waals surface area (Å²) in [6, 6.07) is 9.23. The van der Waals surface area contributed by atoms with Gasteiger partial charge >= 0.3 is 5.97 Å². The topological polar surface area (TPSA) is 91.8 Å². The maximum absolute atomic E-state index is 12.8. The lowest BCUT2D eigenvalue weighted by molar-refractivity contribution is -0.154. The molecule has 1 aromatic rings. The Labute approximate surface area is 167 Å². The van der Waals surface area contributed by atoms with Crippen LogP contribution in [-0.2, 0) is 31.6 Å². The van der Waals surface area contributed by atoms with Crippen molar-refractivity contribution in [2.75, 3.05) is 5.75 Å². The first-order valence-corrected chi connectivity index (χ1v) is 10.7. The largest absolute Gasteiger partial charge is 0.477 e. The molecule has 3 unspecified atom stereocenters. The molecule has 0 spiro atoms. The third kappa shape index (κ3) is 4.09. The molecule has 150 valence electrons. The average molecular weight is 404 g/mol. The van der Waals surface area contributed by atoms with Gasteiger partial charge in [-0.3, -0.25) is 18.7 Å². The van der Waals surface area contributed by atoms with Crippen molar-refractivity contribution in [2.24, 2.45) is 11.3 Å². The number of carboxylic acid groups (broad SMARTS) is 1. The predicted molar refractivity (Wildman–Crippen MR) is 106 cm³/mol. The van der Waals surface area contributed by atoms with Crippen LogP contribution in [0, 0.1) is 11.3 Å². The first-order chi connectivity index (χ1) is 13.1. The molecule has 6 nitrogen and oxygen atoms in total. The normalized spacial score (nSPS) is 24.6. The fraction of sp³-hybridized carbons (Fsp3) is 0.476. The van der Waals surface area contributed by atoms with Crippen LogP contribution in [0.5, 0.6) is 0 Å².